The van der Waals surface area contributed by atoms with E-state index >= 15 is 0 Å². The molecule has 2 amide bonds. The zero-order valence-electron chi connectivity index (χ0n) is 16.0. The molecule has 3 rings (SSSR count). The van der Waals surface area contributed by atoms with Crippen molar-refractivity contribution in [2.24, 2.45) is 0 Å². The summed E-state index contributed by atoms with van der Waals surface area (Å²) in [7, 11) is 0. The Balaban J connectivity index is 1.64. The van der Waals surface area contributed by atoms with E-state index in [1.807, 2.05) is 13.8 Å². The first-order valence-electron chi connectivity index (χ1n) is 9.39. The fourth-order valence-electron chi connectivity index (χ4n) is 3.55. The average molecular weight is 384 g/mol. The van der Waals surface area contributed by atoms with E-state index in [-0.39, 0.29) is 35.9 Å². The fourth-order valence-corrected chi connectivity index (χ4v) is 3.55. The molecule has 1 N–H and O–H groups in total. The summed E-state index contributed by atoms with van der Waals surface area (Å²) in [4.78, 5) is 39.0. The summed E-state index contributed by atoms with van der Waals surface area (Å²) in [5, 5.41) is 2.63. The number of furan rings is 1. The molecule has 7 nitrogen and oxygen atoms in total. The van der Waals surface area contributed by atoms with Crippen LogP contribution in [-0.2, 0) is 9.53 Å². The Bertz CT molecular complexity index is 836. The monoisotopic (exact) mass is 384 g/mol. The van der Waals surface area contributed by atoms with Crippen LogP contribution in [0.5, 0.6) is 0 Å². The standard InChI is InChI=1S/C21H24N2O5/c1-14-7-5-8-15(2)23(14)19(24)13-28-21(26)16-9-3-4-10-17(16)22-20(25)18-11-6-12-27-18/h3-4,6,9-12,14-15H,5,7-8,13H2,1-2H3,(H,22,25)/t14-,15+. The highest BCUT2D eigenvalue weighted by Gasteiger charge is 2.29. The number of carbonyl (C=O) groups is 3. The van der Waals surface area contributed by atoms with Gasteiger partial charge in [-0.25, -0.2) is 4.79 Å². The van der Waals surface area contributed by atoms with Gasteiger partial charge in [-0.05, 0) is 57.4 Å². The van der Waals surface area contributed by atoms with Crippen molar-refractivity contribution in [2.75, 3.05) is 11.9 Å². The second-order valence-corrected chi connectivity index (χ2v) is 6.98. The second kappa shape index (κ2) is 8.73. The molecule has 0 spiro atoms. The maximum atomic E-state index is 12.5. The number of likely N-dealkylation sites (tertiary alicyclic amines) is 1. The molecule has 1 fully saturated rings. The predicted octanol–water partition coefficient (Wildman–Crippen LogP) is 3.48. The van der Waals surface area contributed by atoms with Crippen LogP contribution in [0.1, 0.15) is 54.0 Å². The van der Waals surface area contributed by atoms with E-state index in [2.05, 4.69) is 5.32 Å². The van der Waals surface area contributed by atoms with Gasteiger partial charge in [-0.15, -0.1) is 0 Å². The summed E-state index contributed by atoms with van der Waals surface area (Å²) in [5.74, 6) is -1.21. The molecule has 1 aliphatic rings. The molecule has 2 atom stereocenters. The van der Waals surface area contributed by atoms with Gasteiger partial charge in [0.1, 0.15) is 0 Å². The zero-order valence-corrected chi connectivity index (χ0v) is 16.0. The largest absolute Gasteiger partial charge is 0.459 e. The summed E-state index contributed by atoms with van der Waals surface area (Å²) in [6.07, 6.45) is 4.38. The summed E-state index contributed by atoms with van der Waals surface area (Å²) in [6.45, 7) is 3.69. The molecule has 0 radical (unpaired) electrons. The summed E-state index contributed by atoms with van der Waals surface area (Å²) < 4.78 is 10.3. The number of hydrogen-bond acceptors (Lipinski definition) is 5. The molecular weight excluding hydrogens is 360 g/mol. The fraction of sp³-hybridized carbons (Fsp3) is 0.381. The third kappa shape index (κ3) is 4.42. The quantitative estimate of drug-likeness (QED) is 0.797. The number of para-hydroxylation sites is 1. The van der Waals surface area contributed by atoms with Crippen LogP contribution in [0.15, 0.2) is 47.1 Å². The minimum atomic E-state index is -0.666. The number of benzene rings is 1. The van der Waals surface area contributed by atoms with Crippen LogP contribution in [-0.4, -0.2) is 41.4 Å². The lowest BCUT2D eigenvalue weighted by atomic mass is 9.97. The van der Waals surface area contributed by atoms with Crippen molar-refractivity contribution in [3.8, 4) is 0 Å². The Hall–Kier alpha value is -3.09. The molecule has 0 aliphatic carbocycles. The number of hydrogen-bond donors (Lipinski definition) is 1. The first kappa shape index (κ1) is 19.7. The van der Waals surface area contributed by atoms with E-state index in [1.165, 1.54) is 18.4 Å². The lowest BCUT2D eigenvalue weighted by molar-refractivity contribution is -0.140. The number of piperidine rings is 1. The van der Waals surface area contributed by atoms with Crippen molar-refractivity contribution >= 4 is 23.5 Å². The van der Waals surface area contributed by atoms with Crippen molar-refractivity contribution in [3.05, 3.63) is 54.0 Å². The van der Waals surface area contributed by atoms with Gasteiger partial charge >= 0.3 is 5.97 Å². The molecular formula is C21H24N2O5. The molecule has 0 unspecified atom stereocenters. The number of esters is 1. The normalized spacial score (nSPS) is 19.1. The minimum Gasteiger partial charge on any atom is -0.459 e. The van der Waals surface area contributed by atoms with Crippen molar-refractivity contribution in [1.82, 2.24) is 4.90 Å². The van der Waals surface area contributed by atoms with Gasteiger partial charge < -0.3 is 19.4 Å². The lowest BCUT2D eigenvalue weighted by Crippen LogP contribution is -2.49. The van der Waals surface area contributed by atoms with Gasteiger partial charge in [-0.2, -0.15) is 0 Å². The molecule has 0 bridgehead atoms. The Morgan fingerprint density at radius 1 is 1.11 bits per heavy atom. The van der Waals surface area contributed by atoms with E-state index < -0.39 is 11.9 Å². The number of anilines is 1. The number of amides is 2. The lowest BCUT2D eigenvalue weighted by Gasteiger charge is -2.38. The molecule has 1 saturated heterocycles. The third-order valence-electron chi connectivity index (χ3n) is 4.95. The predicted molar refractivity (Wildman–Crippen MR) is 103 cm³/mol. The van der Waals surface area contributed by atoms with Gasteiger partial charge in [0.15, 0.2) is 12.4 Å². The number of rotatable bonds is 5. The van der Waals surface area contributed by atoms with Gasteiger partial charge in [0.25, 0.3) is 11.8 Å². The highest BCUT2D eigenvalue weighted by molar-refractivity contribution is 6.06. The van der Waals surface area contributed by atoms with Crippen molar-refractivity contribution in [1.29, 1.82) is 0 Å². The molecule has 28 heavy (non-hydrogen) atoms. The van der Waals surface area contributed by atoms with Crippen LogP contribution >= 0.6 is 0 Å². The smallest absolute Gasteiger partial charge is 0.340 e. The van der Waals surface area contributed by atoms with Gasteiger partial charge in [0.05, 0.1) is 17.5 Å². The minimum absolute atomic E-state index is 0.131. The third-order valence-corrected chi connectivity index (χ3v) is 4.95. The maximum Gasteiger partial charge on any atom is 0.340 e. The van der Waals surface area contributed by atoms with E-state index in [0.29, 0.717) is 5.69 Å². The van der Waals surface area contributed by atoms with Crippen LogP contribution in [0.2, 0.25) is 0 Å². The highest BCUT2D eigenvalue weighted by Crippen LogP contribution is 2.23. The van der Waals surface area contributed by atoms with Gasteiger partial charge in [-0.1, -0.05) is 12.1 Å². The van der Waals surface area contributed by atoms with Crippen LogP contribution in [0.4, 0.5) is 5.69 Å². The zero-order chi connectivity index (χ0) is 20.1. The van der Waals surface area contributed by atoms with Gasteiger partial charge in [-0.3, -0.25) is 9.59 Å². The molecule has 2 heterocycles. The molecule has 1 aromatic heterocycles. The van der Waals surface area contributed by atoms with Crippen LogP contribution in [0.3, 0.4) is 0 Å². The maximum absolute atomic E-state index is 12.5. The first-order valence-corrected chi connectivity index (χ1v) is 9.39. The summed E-state index contributed by atoms with van der Waals surface area (Å²) >= 11 is 0. The second-order valence-electron chi connectivity index (χ2n) is 6.98. The van der Waals surface area contributed by atoms with Gasteiger partial charge in [0, 0.05) is 12.1 Å². The van der Waals surface area contributed by atoms with Crippen LogP contribution < -0.4 is 5.32 Å². The van der Waals surface area contributed by atoms with Crippen molar-refractivity contribution in [3.63, 3.8) is 0 Å². The summed E-state index contributed by atoms with van der Waals surface area (Å²) in [6, 6.07) is 9.88. The van der Waals surface area contributed by atoms with Gasteiger partial charge in [0.2, 0.25) is 0 Å². The topological polar surface area (TPSA) is 88.9 Å². The van der Waals surface area contributed by atoms with Crippen molar-refractivity contribution in [2.45, 2.75) is 45.2 Å². The average Bonchev–Trinajstić information content (AvgIpc) is 3.21. The van der Waals surface area contributed by atoms with E-state index in [1.54, 1.807) is 29.2 Å². The van der Waals surface area contributed by atoms with E-state index in [4.69, 9.17) is 9.15 Å². The molecule has 1 aliphatic heterocycles. The van der Waals surface area contributed by atoms with Crippen LogP contribution in [0, 0.1) is 0 Å². The SMILES string of the molecule is C[C@@H]1CCC[C@H](C)N1C(=O)COC(=O)c1ccccc1NC(=O)c1ccco1. The molecule has 1 aromatic carbocycles. The Kier molecular flexibility index (Phi) is 6.13. The highest BCUT2D eigenvalue weighted by atomic mass is 16.5. The molecule has 2 aromatic rings. The number of ether oxygens (including phenoxy) is 1. The Morgan fingerprint density at radius 2 is 1.82 bits per heavy atom. The molecule has 0 saturated carbocycles. The Morgan fingerprint density at radius 3 is 2.50 bits per heavy atom. The molecule has 7 heteroatoms. The molecule has 148 valence electrons. The van der Waals surface area contributed by atoms with E-state index in [0.717, 1.165) is 19.3 Å². The van der Waals surface area contributed by atoms with Crippen molar-refractivity contribution < 1.29 is 23.5 Å². The Labute approximate surface area is 163 Å². The first-order chi connectivity index (χ1) is 13.5. The van der Waals surface area contributed by atoms with E-state index in [9.17, 15) is 14.4 Å². The van der Waals surface area contributed by atoms with Crippen LogP contribution in [0.25, 0.3) is 0 Å². The summed E-state index contributed by atoms with van der Waals surface area (Å²) in [5.41, 5.74) is 0.469. The number of nitrogens with zero attached hydrogens (tertiary/aromatic N) is 1. The number of carbonyl (C=O) groups excluding carboxylic acids is 3. The number of nitrogens with one attached hydrogen (secondary N) is 1.